The van der Waals surface area contributed by atoms with Crippen LogP contribution in [0.4, 0.5) is 0 Å². The van der Waals surface area contributed by atoms with Crippen molar-refractivity contribution in [2.45, 2.75) is 13.0 Å². The Morgan fingerprint density at radius 1 is 1.25 bits per heavy atom. The molecule has 1 saturated heterocycles. The quantitative estimate of drug-likeness (QED) is 0.649. The number of methoxy groups -OCH3 is 1. The molecule has 1 N–H and O–H groups in total. The van der Waals surface area contributed by atoms with Gasteiger partial charge in [0.2, 0.25) is 0 Å². The highest BCUT2D eigenvalue weighted by molar-refractivity contribution is 4.37. The number of ether oxygens (including phenoxy) is 3. The first-order valence-electron chi connectivity index (χ1n) is 4.10. The molecular formula is C8H18O4. The lowest BCUT2D eigenvalue weighted by Gasteiger charge is -2.09. The Hall–Kier alpha value is -0.160. The second-order valence-electron chi connectivity index (χ2n) is 2.53. The van der Waals surface area contributed by atoms with Gasteiger partial charge in [-0.2, -0.15) is 0 Å². The van der Waals surface area contributed by atoms with Crippen LogP contribution in [0.1, 0.15) is 6.92 Å². The molecule has 0 aromatic carbocycles. The van der Waals surface area contributed by atoms with Gasteiger partial charge in [-0.25, -0.2) is 0 Å². The SMILES string of the molecule is C1COCCO1.COCC(C)O. The Morgan fingerprint density at radius 3 is 1.75 bits per heavy atom. The summed E-state index contributed by atoms with van der Waals surface area (Å²) >= 11 is 0. The van der Waals surface area contributed by atoms with E-state index in [-0.39, 0.29) is 6.10 Å². The van der Waals surface area contributed by atoms with Crippen molar-refractivity contribution in [3.63, 3.8) is 0 Å². The van der Waals surface area contributed by atoms with Crippen molar-refractivity contribution in [2.75, 3.05) is 40.1 Å². The predicted octanol–water partition coefficient (Wildman–Crippen LogP) is 0.0468. The second-order valence-corrected chi connectivity index (χ2v) is 2.53. The maximum atomic E-state index is 8.43. The van der Waals surface area contributed by atoms with Gasteiger partial charge in [-0.05, 0) is 6.92 Å². The lowest BCUT2D eigenvalue weighted by molar-refractivity contribution is -0.0334. The largest absolute Gasteiger partial charge is 0.391 e. The number of aliphatic hydroxyl groups is 1. The first-order valence-corrected chi connectivity index (χ1v) is 4.10. The van der Waals surface area contributed by atoms with E-state index in [0.29, 0.717) is 6.61 Å². The van der Waals surface area contributed by atoms with Crippen LogP contribution in [0.2, 0.25) is 0 Å². The third kappa shape index (κ3) is 9.84. The molecule has 1 heterocycles. The first kappa shape index (κ1) is 11.8. The Morgan fingerprint density at radius 2 is 1.67 bits per heavy atom. The molecule has 0 spiro atoms. The van der Waals surface area contributed by atoms with Gasteiger partial charge in [-0.1, -0.05) is 0 Å². The van der Waals surface area contributed by atoms with E-state index in [1.165, 1.54) is 0 Å². The van der Waals surface area contributed by atoms with Crippen molar-refractivity contribution in [2.24, 2.45) is 0 Å². The molecule has 0 amide bonds. The lowest BCUT2D eigenvalue weighted by Crippen LogP contribution is -2.16. The molecule has 0 aromatic heterocycles. The minimum atomic E-state index is -0.324. The summed E-state index contributed by atoms with van der Waals surface area (Å²) < 4.78 is 14.4. The molecular weight excluding hydrogens is 160 g/mol. The van der Waals surface area contributed by atoms with E-state index in [1.54, 1.807) is 14.0 Å². The van der Waals surface area contributed by atoms with Gasteiger partial charge in [0.25, 0.3) is 0 Å². The van der Waals surface area contributed by atoms with Crippen molar-refractivity contribution in [3.05, 3.63) is 0 Å². The Labute approximate surface area is 73.4 Å². The van der Waals surface area contributed by atoms with Crippen LogP contribution in [0.15, 0.2) is 0 Å². The molecule has 1 aliphatic heterocycles. The Bertz CT molecular complexity index is 69.6. The summed E-state index contributed by atoms with van der Waals surface area (Å²) in [5, 5.41) is 8.43. The van der Waals surface area contributed by atoms with Gasteiger partial charge in [0.15, 0.2) is 0 Å². The maximum absolute atomic E-state index is 8.43. The average molecular weight is 178 g/mol. The molecule has 1 rings (SSSR count). The summed E-state index contributed by atoms with van der Waals surface area (Å²) in [6, 6.07) is 0. The smallest absolute Gasteiger partial charge is 0.0745 e. The fourth-order valence-electron chi connectivity index (χ4n) is 0.681. The topological polar surface area (TPSA) is 47.9 Å². The average Bonchev–Trinajstić information content (AvgIpc) is 2.08. The standard InChI is InChI=1S/C4H8O2.C4H10O2/c1-2-6-4-3-5-1;1-4(5)3-6-2/h1-4H2;4-5H,3H2,1-2H3. The van der Waals surface area contributed by atoms with Crippen LogP contribution in [0, 0.1) is 0 Å². The molecule has 1 atom stereocenters. The predicted molar refractivity (Wildman–Crippen MR) is 45.2 cm³/mol. The maximum Gasteiger partial charge on any atom is 0.0745 e. The summed E-state index contributed by atoms with van der Waals surface area (Å²) in [7, 11) is 1.56. The van der Waals surface area contributed by atoms with Crippen LogP contribution in [0.25, 0.3) is 0 Å². The van der Waals surface area contributed by atoms with Gasteiger partial charge in [-0.3, -0.25) is 0 Å². The van der Waals surface area contributed by atoms with Crippen LogP contribution in [-0.4, -0.2) is 51.4 Å². The number of hydrogen-bond acceptors (Lipinski definition) is 4. The zero-order valence-electron chi connectivity index (χ0n) is 7.78. The van der Waals surface area contributed by atoms with Gasteiger partial charge in [0.1, 0.15) is 0 Å². The zero-order chi connectivity index (χ0) is 9.23. The normalized spacial score (nSPS) is 19.2. The zero-order valence-corrected chi connectivity index (χ0v) is 7.78. The third-order valence-electron chi connectivity index (χ3n) is 1.15. The molecule has 0 radical (unpaired) electrons. The molecule has 0 saturated carbocycles. The molecule has 74 valence electrons. The molecule has 1 fully saturated rings. The molecule has 4 heteroatoms. The highest BCUT2D eigenvalue weighted by atomic mass is 16.6. The first-order chi connectivity index (χ1) is 5.77. The molecule has 0 aromatic rings. The van der Waals surface area contributed by atoms with Crippen LogP contribution in [0.5, 0.6) is 0 Å². The van der Waals surface area contributed by atoms with E-state index >= 15 is 0 Å². The van der Waals surface area contributed by atoms with Crippen molar-refractivity contribution < 1.29 is 19.3 Å². The van der Waals surface area contributed by atoms with E-state index in [2.05, 4.69) is 4.74 Å². The number of aliphatic hydroxyl groups excluding tert-OH is 1. The van der Waals surface area contributed by atoms with Crippen molar-refractivity contribution in [3.8, 4) is 0 Å². The van der Waals surface area contributed by atoms with E-state index in [9.17, 15) is 0 Å². The van der Waals surface area contributed by atoms with E-state index in [4.69, 9.17) is 14.6 Å². The van der Waals surface area contributed by atoms with Crippen LogP contribution >= 0.6 is 0 Å². The fourth-order valence-corrected chi connectivity index (χ4v) is 0.681. The molecule has 0 bridgehead atoms. The highest BCUT2D eigenvalue weighted by Gasteiger charge is 1.94. The minimum absolute atomic E-state index is 0.324. The van der Waals surface area contributed by atoms with Crippen LogP contribution in [-0.2, 0) is 14.2 Å². The van der Waals surface area contributed by atoms with E-state index < -0.39 is 0 Å². The fraction of sp³-hybridized carbons (Fsp3) is 1.00. The lowest BCUT2D eigenvalue weighted by atomic mass is 10.5. The molecule has 12 heavy (non-hydrogen) atoms. The summed E-state index contributed by atoms with van der Waals surface area (Å²) in [4.78, 5) is 0. The van der Waals surface area contributed by atoms with Crippen LogP contribution in [0.3, 0.4) is 0 Å². The van der Waals surface area contributed by atoms with Crippen molar-refractivity contribution >= 4 is 0 Å². The van der Waals surface area contributed by atoms with Gasteiger partial charge in [0, 0.05) is 7.11 Å². The Balaban J connectivity index is 0.000000202. The number of rotatable bonds is 2. The summed E-state index contributed by atoms with van der Waals surface area (Å²) in [5.74, 6) is 0. The van der Waals surface area contributed by atoms with E-state index in [1.807, 2.05) is 0 Å². The second kappa shape index (κ2) is 8.93. The Kier molecular flexibility index (Phi) is 8.81. The van der Waals surface area contributed by atoms with Crippen molar-refractivity contribution in [1.29, 1.82) is 0 Å². The highest BCUT2D eigenvalue weighted by Crippen LogP contribution is 1.85. The monoisotopic (exact) mass is 178 g/mol. The van der Waals surface area contributed by atoms with Gasteiger partial charge in [0.05, 0.1) is 39.1 Å². The molecule has 0 aliphatic carbocycles. The van der Waals surface area contributed by atoms with Crippen molar-refractivity contribution in [1.82, 2.24) is 0 Å². The third-order valence-corrected chi connectivity index (χ3v) is 1.15. The van der Waals surface area contributed by atoms with E-state index in [0.717, 1.165) is 26.4 Å². The van der Waals surface area contributed by atoms with Crippen LogP contribution < -0.4 is 0 Å². The van der Waals surface area contributed by atoms with Gasteiger partial charge >= 0.3 is 0 Å². The van der Waals surface area contributed by atoms with Gasteiger partial charge < -0.3 is 19.3 Å². The molecule has 4 nitrogen and oxygen atoms in total. The summed E-state index contributed by atoms with van der Waals surface area (Å²) in [6.07, 6.45) is -0.324. The minimum Gasteiger partial charge on any atom is -0.391 e. The number of hydrogen-bond donors (Lipinski definition) is 1. The summed E-state index contributed by atoms with van der Waals surface area (Å²) in [6.45, 7) is 5.23. The summed E-state index contributed by atoms with van der Waals surface area (Å²) in [5.41, 5.74) is 0. The molecule has 1 aliphatic rings. The molecule has 1 unspecified atom stereocenters. The van der Waals surface area contributed by atoms with Gasteiger partial charge in [-0.15, -0.1) is 0 Å².